The first-order valence-electron chi connectivity index (χ1n) is 10.6. The van der Waals surface area contributed by atoms with E-state index in [-0.39, 0.29) is 12.0 Å². The minimum Gasteiger partial charge on any atom is -0.486 e. The van der Waals surface area contributed by atoms with Gasteiger partial charge in [-0.25, -0.2) is 0 Å². The Kier molecular flexibility index (Phi) is 6.52. The van der Waals surface area contributed by atoms with Crippen molar-refractivity contribution in [1.82, 2.24) is 15.5 Å². The number of rotatable bonds is 8. The van der Waals surface area contributed by atoms with Gasteiger partial charge in [-0.15, -0.1) is 0 Å². The average molecular weight is 421 g/mol. The standard InChI is InChI=1S/C24H27N3O4/c1-16(2)29-11-3-10-25-24(28)18-6-4-17(5-7-18)20-15-21(27-26-20)19-8-9-22-23(14-19)31-13-12-30-22/h4-9,14-16H,3,10-13H2,1-2H3,(H,25,28)(H,26,27). The van der Waals surface area contributed by atoms with Gasteiger partial charge in [-0.2, -0.15) is 5.10 Å². The Balaban J connectivity index is 1.37. The second-order valence-electron chi connectivity index (χ2n) is 7.63. The summed E-state index contributed by atoms with van der Waals surface area (Å²) < 4.78 is 16.7. The Morgan fingerprint density at radius 3 is 2.58 bits per heavy atom. The molecule has 2 aromatic carbocycles. The Bertz CT molecular complexity index is 1030. The van der Waals surface area contributed by atoms with Crippen molar-refractivity contribution in [3.05, 3.63) is 54.1 Å². The fraction of sp³-hybridized carbons (Fsp3) is 0.333. The first-order chi connectivity index (χ1) is 15.1. The van der Waals surface area contributed by atoms with Crippen LogP contribution in [0.4, 0.5) is 0 Å². The Morgan fingerprint density at radius 1 is 1.06 bits per heavy atom. The molecule has 0 atom stereocenters. The van der Waals surface area contributed by atoms with Crippen molar-refractivity contribution in [2.24, 2.45) is 0 Å². The number of carbonyl (C=O) groups excluding carboxylic acids is 1. The fourth-order valence-electron chi connectivity index (χ4n) is 3.32. The summed E-state index contributed by atoms with van der Waals surface area (Å²) in [6.07, 6.45) is 1.000. The van der Waals surface area contributed by atoms with Crippen molar-refractivity contribution >= 4 is 5.91 Å². The molecular weight excluding hydrogens is 394 g/mol. The van der Waals surface area contributed by atoms with Crippen molar-refractivity contribution < 1.29 is 19.0 Å². The number of ether oxygens (including phenoxy) is 3. The summed E-state index contributed by atoms with van der Waals surface area (Å²) in [6, 6.07) is 15.3. The van der Waals surface area contributed by atoms with Crippen molar-refractivity contribution in [2.75, 3.05) is 26.4 Å². The number of hydrogen-bond donors (Lipinski definition) is 2. The van der Waals surface area contributed by atoms with Crippen LogP contribution >= 0.6 is 0 Å². The minimum atomic E-state index is -0.0855. The molecule has 0 unspecified atom stereocenters. The van der Waals surface area contributed by atoms with Gasteiger partial charge in [0.2, 0.25) is 0 Å². The number of hydrogen-bond acceptors (Lipinski definition) is 5. The molecule has 0 saturated carbocycles. The van der Waals surface area contributed by atoms with Crippen LogP contribution in [-0.4, -0.2) is 48.6 Å². The number of nitrogens with one attached hydrogen (secondary N) is 2. The van der Waals surface area contributed by atoms with E-state index >= 15 is 0 Å². The van der Waals surface area contributed by atoms with E-state index < -0.39 is 0 Å². The summed E-state index contributed by atoms with van der Waals surface area (Å²) >= 11 is 0. The van der Waals surface area contributed by atoms with E-state index in [1.165, 1.54) is 0 Å². The molecule has 0 aliphatic carbocycles. The van der Waals surface area contributed by atoms with Gasteiger partial charge in [0.15, 0.2) is 11.5 Å². The SMILES string of the molecule is CC(C)OCCCNC(=O)c1ccc(-c2cc(-c3ccc4c(c3)OCCO4)n[nH]2)cc1. The van der Waals surface area contributed by atoms with Gasteiger partial charge in [-0.3, -0.25) is 9.89 Å². The van der Waals surface area contributed by atoms with Gasteiger partial charge in [0.05, 0.1) is 17.5 Å². The van der Waals surface area contributed by atoms with E-state index in [1.54, 1.807) is 0 Å². The van der Waals surface area contributed by atoms with E-state index in [2.05, 4.69) is 15.5 Å². The molecule has 0 fully saturated rings. The van der Waals surface area contributed by atoms with Crippen LogP contribution in [-0.2, 0) is 4.74 Å². The first-order valence-corrected chi connectivity index (χ1v) is 10.6. The van der Waals surface area contributed by atoms with Gasteiger partial charge >= 0.3 is 0 Å². The number of nitrogens with zero attached hydrogens (tertiary/aromatic N) is 1. The number of amides is 1. The molecule has 4 rings (SSSR count). The van der Waals surface area contributed by atoms with Crippen molar-refractivity contribution in [3.63, 3.8) is 0 Å². The highest BCUT2D eigenvalue weighted by atomic mass is 16.6. The first kappa shape index (κ1) is 20.9. The molecule has 162 valence electrons. The topological polar surface area (TPSA) is 85.5 Å². The summed E-state index contributed by atoms with van der Waals surface area (Å²) in [5.74, 6) is 1.41. The fourth-order valence-corrected chi connectivity index (χ4v) is 3.32. The van der Waals surface area contributed by atoms with Crippen LogP contribution in [0.5, 0.6) is 11.5 Å². The number of fused-ring (bicyclic) bond motifs is 1. The van der Waals surface area contributed by atoms with Crippen LogP contribution in [0.1, 0.15) is 30.6 Å². The van der Waals surface area contributed by atoms with Crippen LogP contribution in [0.25, 0.3) is 22.5 Å². The predicted octanol–water partition coefficient (Wildman–Crippen LogP) is 4.06. The van der Waals surface area contributed by atoms with Crippen molar-refractivity contribution in [3.8, 4) is 34.0 Å². The molecule has 31 heavy (non-hydrogen) atoms. The molecule has 0 bridgehead atoms. The third-order valence-corrected chi connectivity index (χ3v) is 4.93. The zero-order chi connectivity index (χ0) is 21.6. The number of aromatic amines is 1. The quantitative estimate of drug-likeness (QED) is 0.536. The number of H-pyrrole nitrogens is 1. The summed E-state index contributed by atoms with van der Waals surface area (Å²) in [6.45, 7) is 6.35. The van der Waals surface area contributed by atoms with Crippen LogP contribution in [0.2, 0.25) is 0 Å². The lowest BCUT2D eigenvalue weighted by Crippen LogP contribution is -2.25. The average Bonchev–Trinajstić information content (AvgIpc) is 3.28. The molecule has 1 aliphatic rings. The predicted molar refractivity (Wildman–Crippen MR) is 118 cm³/mol. The summed E-state index contributed by atoms with van der Waals surface area (Å²) in [5.41, 5.74) is 4.22. The van der Waals surface area contributed by atoms with Crippen LogP contribution in [0.3, 0.4) is 0 Å². The van der Waals surface area contributed by atoms with Gasteiger partial charge in [0.1, 0.15) is 13.2 Å². The smallest absolute Gasteiger partial charge is 0.251 e. The zero-order valence-electron chi connectivity index (χ0n) is 17.8. The van der Waals surface area contributed by atoms with Gasteiger partial charge in [-0.05, 0) is 62.2 Å². The molecule has 3 aromatic rings. The molecule has 0 radical (unpaired) electrons. The van der Waals surface area contributed by atoms with Crippen LogP contribution in [0, 0.1) is 0 Å². The molecule has 1 aromatic heterocycles. The summed E-state index contributed by atoms with van der Waals surface area (Å²) in [4.78, 5) is 12.3. The third-order valence-electron chi connectivity index (χ3n) is 4.93. The Hall–Kier alpha value is -3.32. The third kappa shape index (κ3) is 5.24. The summed E-state index contributed by atoms with van der Waals surface area (Å²) in [7, 11) is 0. The molecule has 0 spiro atoms. The molecule has 2 heterocycles. The molecule has 1 amide bonds. The monoisotopic (exact) mass is 421 g/mol. The summed E-state index contributed by atoms with van der Waals surface area (Å²) in [5, 5.41) is 10.4. The largest absolute Gasteiger partial charge is 0.486 e. The van der Waals surface area contributed by atoms with E-state index in [0.717, 1.165) is 40.4 Å². The van der Waals surface area contributed by atoms with E-state index in [4.69, 9.17) is 14.2 Å². The second kappa shape index (κ2) is 9.66. The number of aromatic nitrogens is 2. The maximum atomic E-state index is 12.3. The van der Waals surface area contributed by atoms with Gasteiger partial charge in [0.25, 0.3) is 5.91 Å². The van der Waals surface area contributed by atoms with E-state index in [1.807, 2.05) is 62.4 Å². The maximum absolute atomic E-state index is 12.3. The van der Waals surface area contributed by atoms with Crippen LogP contribution in [0.15, 0.2) is 48.5 Å². The van der Waals surface area contributed by atoms with Gasteiger partial charge < -0.3 is 19.5 Å². The number of benzene rings is 2. The van der Waals surface area contributed by atoms with Crippen molar-refractivity contribution in [1.29, 1.82) is 0 Å². The Labute approximate surface area is 181 Å². The van der Waals surface area contributed by atoms with Crippen molar-refractivity contribution in [2.45, 2.75) is 26.4 Å². The maximum Gasteiger partial charge on any atom is 0.251 e. The van der Waals surface area contributed by atoms with Gasteiger partial charge in [0, 0.05) is 24.3 Å². The lowest BCUT2D eigenvalue weighted by atomic mass is 10.1. The van der Waals surface area contributed by atoms with Crippen LogP contribution < -0.4 is 14.8 Å². The molecule has 7 nitrogen and oxygen atoms in total. The van der Waals surface area contributed by atoms with E-state index in [0.29, 0.717) is 31.9 Å². The Morgan fingerprint density at radius 2 is 1.81 bits per heavy atom. The molecule has 1 aliphatic heterocycles. The van der Waals surface area contributed by atoms with Gasteiger partial charge in [-0.1, -0.05) is 12.1 Å². The molecular formula is C24H27N3O4. The highest BCUT2D eigenvalue weighted by Gasteiger charge is 2.14. The van der Waals surface area contributed by atoms with E-state index in [9.17, 15) is 4.79 Å². The second-order valence-corrected chi connectivity index (χ2v) is 7.63. The zero-order valence-corrected chi connectivity index (χ0v) is 17.8. The highest BCUT2D eigenvalue weighted by Crippen LogP contribution is 2.34. The number of carbonyl (C=O) groups is 1. The highest BCUT2D eigenvalue weighted by molar-refractivity contribution is 5.94. The molecule has 7 heteroatoms. The normalized spacial score (nSPS) is 12.7. The lowest BCUT2D eigenvalue weighted by molar-refractivity contribution is 0.0757. The molecule has 2 N–H and O–H groups in total. The molecule has 0 saturated heterocycles. The lowest BCUT2D eigenvalue weighted by Gasteiger charge is -2.18. The minimum absolute atomic E-state index is 0.0855.